The summed E-state index contributed by atoms with van der Waals surface area (Å²) >= 11 is 0. The average Bonchev–Trinajstić information content (AvgIpc) is 2.47. The minimum Gasteiger partial charge on any atom is -0.354 e. The van der Waals surface area contributed by atoms with Crippen LogP contribution >= 0.6 is 0 Å². The highest BCUT2D eigenvalue weighted by Gasteiger charge is 2.22. The fourth-order valence-electron chi connectivity index (χ4n) is 2.55. The van der Waals surface area contributed by atoms with Gasteiger partial charge < -0.3 is 10.2 Å². The molecule has 0 unspecified atom stereocenters. The fourth-order valence-corrected chi connectivity index (χ4v) is 2.55. The van der Waals surface area contributed by atoms with Crippen molar-refractivity contribution in [2.45, 2.75) is 19.9 Å². The Labute approximate surface area is 113 Å². The lowest BCUT2D eigenvalue weighted by Gasteiger charge is -2.36. The molecule has 4 nitrogen and oxygen atoms in total. The van der Waals surface area contributed by atoms with E-state index in [0.29, 0.717) is 12.0 Å². The van der Waals surface area contributed by atoms with Gasteiger partial charge in [-0.25, -0.2) is 9.97 Å². The van der Waals surface area contributed by atoms with E-state index < -0.39 is 0 Å². The number of aromatic nitrogens is 2. The number of nitrogens with one attached hydrogen (secondary N) is 1. The molecular weight excluding hydrogens is 236 g/mol. The summed E-state index contributed by atoms with van der Waals surface area (Å²) < 4.78 is 0. The molecule has 0 aliphatic carbocycles. The third-order valence-electron chi connectivity index (χ3n) is 3.78. The number of piperazine rings is 1. The van der Waals surface area contributed by atoms with E-state index in [0.717, 1.165) is 36.5 Å². The molecule has 0 spiro atoms. The smallest absolute Gasteiger partial charge is 0.161 e. The van der Waals surface area contributed by atoms with Crippen molar-refractivity contribution in [1.82, 2.24) is 15.3 Å². The molecule has 1 aliphatic rings. The van der Waals surface area contributed by atoms with Gasteiger partial charge in [0.1, 0.15) is 5.82 Å². The summed E-state index contributed by atoms with van der Waals surface area (Å²) in [6.45, 7) is 7.56. The Balaban J connectivity index is 1.87. The van der Waals surface area contributed by atoms with Crippen LogP contribution in [0, 0.1) is 5.92 Å². The van der Waals surface area contributed by atoms with Crippen LogP contribution in [-0.2, 0) is 0 Å². The number of anilines is 1. The summed E-state index contributed by atoms with van der Waals surface area (Å²) in [6, 6.07) is 8.75. The van der Waals surface area contributed by atoms with E-state index in [1.165, 1.54) is 0 Å². The van der Waals surface area contributed by atoms with Crippen LogP contribution in [0.2, 0.25) is 0 Å². The van der Waals surface area contributed by atoms with Crippen molar-refractivity contribution in [2.75, 3.05) is 24.5 Å². The maximum atomic E-state index is 4.68. The number of fused-ring (bicyclic) bond motifs is 1. The van der Waals surface area contributed by atoms with Crippen molar-refractivity contribution in [3.05, 3.63) is 30.5 Å². The van der Waals surface area contributed by atoms with E-state index in [2.05, 4.69) is 46.2 Å². The SMILES string of the molecule is CC(C)[C@@H]1CN(c2ccc3cccnc3n2)CCN1. The second kappa shape index (κ2) is 5.13. The molecule has 19 heavy (non-hydrogen) atoms. The van der Waals surface area contributed by atoms with Gasteiger partial charge in [0.25, 0.3) is 0 Å². The predicted molar refractivity (Wildman–Crippen MR) is 78.4 cm³/mol. The highest BCUT2D eigenvalue weighted by Crippen LogP contribution is 2.19. The molecule has 1 fully saturated rings. The number of pyridine rings is 2. The van der Waals surface area contributed by atoms with Gasteiger partial charge in [0.2, 0.25) is 0 Å². The molecule has 0 saturated carbocycles. The van der Waals surface area contributed by atoms with Crippen molar-refractivity contribution >= 4 is 16.9 Å². The van der Waals surface area contributed by atoms with Crippen molar-refractivity contribution in [3.63, 3.8) is 0 Å². The first-order valence-corrected chi connectivity index (χ1v) is 6.94. The molecule has 2 aromatic rings. The van der Waals surface area contributed by atoms with Gasteiger partial charge in [-0.05, 0) is 30.2 Å². The van der Waals surface area contributed by atoms with Crippen molar-refractivity contribution in [1.29, 1.82) is 0 Å². The highest BCUT2D eigenvalue weighted by molar-refractivity contribution is 5.76. The van der Waals surface area contributed by atoms with E-state index in [4.69, 9.17) is 0 Å². The number of hydrogen-bond donors (Lipinski definition) is 1. The molecule has 1 atom stereocenters. The van der Waals surface area contributed by atoms with Crippen LogP contribution in [0.3, 0.4) is 0 Å². The second-order valence-electron chi connectivity index (χ2n) is 5.47. The average molecular weight is 256 g/mol. The minimum absolute atomic E-state index is 0.537. The van der Waals surface area contributed by atoms with Gasteiger partial charge in [0.15, 0.2) is 5.65 Å². The molecule has 1 saturated heterocycles. The zero-order valence-electron chi connectivity index (χ0n) is 11.5. The molecule has 4 heteroatoms. The van der Waals surface area contributed by atoms with Crippen LogP contribution in [0.25, 0.3) is 11.0 Å². The molecule has 0 amide bonds. The normalized spacial score (nSPS) is 20.2. The lowest BCUT2D eigenvalue weighted by Crippen LogP contribution is -2.53. The van der Waals surface area contributed by atoms with Gasteiger partial charge in [-0.3, -0.25) is 0 Å². The molecule has 0 radical (unpaired) electrons. The lowest BCUT2D eigenvalue weighted by atomic mass is 10.0. The van der Waals surface area contributed by atoms with E-state index >= 15 is 0 Å². The zero-order chi connectivity index (χ0) is 13.2. The Morgan fingerprint density at radius 1 is 1.32 bits per heavy atom. The molecule has 2 aromatic heterocycles. The third kappa shape index (κ3) is 2.54. The summed E-state index contributed by atoms with van der Waals surface area (Å²) in [5.41, 5.74) is 0.833. The van der Waals surface area contributed by atoms with Gasteiger partial charge in [0.05, 0.1) is 0 Å². The molecule has 3 rings (SSSR count). The molecule has 1 N–H and O–H groups in total. The Kier molecular flexibility index (Phi) is 3.34. The third-order valence-corrected chi connectivity index (χ3v) is 3.78. The standard InChI is InChI=1S/C15H20N4/c1-11(2)13-10-19(9-8-16-13)14-6-5-12-4-3-7-17-15(12)18-14/h3-7,11,13,16H,8-10H2,1-2H3/t13-/m0/s1. The molecule has 0 aromatic carbocycles. The van der Waals surface area contributed by atoms with Crippen LogP contribution in [0.4, 0.5) is 5.82 Å². The van der Waals surface area contributed by atoms with Gasteiger partial charge >= 0.3 is 0 Å². The molecule has 3 heterocycles. The maximum Gasteiger partial charge on any atom is 0.161 e. The largest absolute Gasteiger partial charge is 0.354 e. The van der Waals surface area contributed by atoms with Crippen molar-refractivity contribution in [3.8, 4) is 0 Å². The summed E-state index contributed by atoms with van der Waals surface area (Å²) in [4.78, 5) is 11.4. The predicted octanol–water partition coefficient (Wildman–Crippen LogP) is 2.06. The quantitative estimate of drug-likeness (QED) is 0.893. The Morgan fingerprint density at radius 3 is 3.05 bits per heavy atom. The number of nitrogens with zero attached hydrogens (tertiary/aromatic N) is 3. The Bertz CT molecular complexity index is 567. The monoisotopic (exact) mass is 256 g/mol. The molecule has 1 aliphatic heterocycles. The first-order valence-electron chi connectivity index (χ1n) is 6.94. The molecule has 0 bridgehead atoms. The topological polar surface area (TPSA) is 41.1 Å². The van der Waals surface area contributed by atoms with Crippen LogP contribution in [0.5, 0.6) is 0 Å². The fraction of sp³-hybridized carbons (Fsp3) is 0.467. The van der Waals surface area contributed by atoms with E-state index in [1.54, 1.807) is 6.20 Å². The van der Waals surface area contributed by atoms with E-state index in [1.807, 2.05) is 12.1 Å². The molecule has 100 valence electrons. The van der Waals surface area contributed by atoms with Gasteiger partial charge in [-0.1, -0.05) is 13.8 Å². The first kappa shape index (κ1) is 12.4. The highest BCUT2D eigenvalue weighted by atomic mass is 15.2. The lowest BCUT2D eigenvalue weighted by molar-refractivity contribution is 0.367. The number of rotatable bonds is 2. The van der Waals surface area contributed by atoms with Crippen LogP contribution in [-0.4, -0.2) is 35.6 Å². The van der Waals surface area contributed by atoms with Gasteiger partial charge in [-0.15, -0.1) is 0 Å². The van der Waals surface area contributed by atoms with E-state index in [-0.39, 0.29) is 0 Å². The Hall–Kier alpha value is -1.68. The summed E-state index contributed by atoms with van der Waals surface area (Å²) in [6.07, 6.45) is 1.80. The van der Waals surface area contributed by atoms with Gasteiger partial charge in [-0.2, -0.15) is 0 Å². The zero-order valence-corrected chi connectivity index (χ0v) is 11.5. The second-order valence-corrected chi connectivity index (χ2v) is 5.47. The first-order chi connectivity index (χ1) is 9.24. The number of hydrogen-bond acceptors (Lipinski definition) is 4. The minimum atomic E-state index is 0.537. The Morgan fingerprint density at radius 2 is 2.21 bits per heavy atom. The van der Waals surface area contributed by atoms with Crippen molar-refractivity contribution < 1.29 is 0 Å². The van der Waals surface area contributed by atoms with Gasteiger partial charge in [0, 0.05) is 37.3 Å². The maximum absolute atomic E-state index is 4.68. The molecular formula is C15H20N4. The summed E-state index contributed by atoms with van der Waals surface area (Å²) in [5, 5.41) is 4.67. The van der Waals surface area contributed by atoms with Crippen molar-refractivity contribution in [2.24, 2.45) is 5.92 Å². The summed E-state index contributed by atoms with van der Waals surface area (Å²) in [7, 11) is 0. The summed E-state index contributed by atoms with van der Waals surface area (Å²) in [5.74, 6) is 1.68. The van der Waals surface area contributed by atoms with E-state index in [9.17, 15) is 0 Å². The van der Waals surface area contributed by atoms with Crippen LogP contribution in [0.1, 0.15) is 13.8 Å². The van der Waals surface area contributed by atoms with Crippen LogP contribution < -0.4 is 10.2 Å². The van der Waals surface area contributed by atoms with Crippen LogP contribution in [0.15, 0.2) is 30.5 Å².